The third-order valence-electron chi connectivity index (χ3n) is 2.21. The maximum Gasteiger partial charge on any atom is 0.272 e. The van der Waals surface area contributed by atoms with Crippen LogP contribution in [-0.2, 0) is 0 Å². The standard InChI is InChI=1S/C11H15BrN4O2/c1-2-5-16(7-10(13)15-18)11(17)9-4-3-8(12)6-14-9/h3-4,6,18H,2,5,7H2,1H3,(H2,13,15). The first-order valence-electron chi connectivity index (χ1n) is 5.45. The molecule has 0 atom stereocenters. The quantitative estimate of drug-likeness (QED) is 0.372. The second-order valence-electron chi connectivity index (χ2n) is 3.68. The average Bonchev–Trinajstić information content (AvgIpc) is 2.38. The van der Waals surface area contributed by atoms with Crippen molar-refractivity contribution in [3.8, 4) is 0 Å². The topological polar surface area (TPSA) is 91.8 Å². The number of amides is 1. The molecule has 1 amide bonds. The largest absolute Gasteiger partial charge is 0.409 e. The Morgan fingerprint density at radius 1 is 1.61 bits per heavy atom. The van der Waals surface area contributed by atoms with Crippen LogP contribution in [0.3, 0.4) is 0 Å². The first-order chi connectivity index (χ1) is 8.58. The van der Waals surface area contributed by atoms with E-state index in [1.54, 1.807) is 18.3 Å². The summed E-state index contributed by atoms with van der Waals surface area (Å²) in [4.78, 5) is 17.7. The Balaban J connectivity index is 2.85. The summed E-state index contributed by atoms with van der Waals surface area (Å²) in [6.45, 7) is 2.55. The molecule has 0 aliphatic carbocycles. The molecule has 3 N–H and O–H groups in total. The van der Waals surface area contributed by atoms with Crippen molar-refractivity contribution in [2.24, 2.45) is 10.9 Å². The van der Waals surface area contributed by atoms with Gasteiger partial charge in [0.2, 0.25) is 0 Å². The van der Waals surface area contributed by atoms with Crippen LogP contribution < -0.4 is 5.73 Å². The molecule has 0 radical (unpaired) electrons. The van der Waals surface area contributed by atoms with Gasteiger partial charge in [-0.25, -0.2) is 4.98 Å². The molecule has 6 nitrogen and oxygen atoms in total. The van der Waals surface area contributed by atoms with Gasteiger partial charge in [0.15, 0.2) is 5.84 Å². The number of amidine groups is 1. The molecule has 0 unspecified atom stereocenters. The van der Waals surface area contributed by atoms with Crippen molar-refractivity contribution in [1.82, 2.24) is 9.88 Å². The Morgan fingerprint density at radius 3 is 2.83 bits per heavy atom. The van der Waals surface area contributed by atoms with Gasteiger partial charge in [-0.2, -0.15) is 0 Å². The molecule has 0 bridgehead atoms. The maximum absolute atomic E-state index is 12.2. The molecule has 0 aliphatic rings. The summed E-state index contributed by atoms with van der Waals surface area (Å²) in [7, 11) is 0. The van der Waals surface area contributed by atoms with Gasteiger partial charge in [0, 0.05) is 17.2 Å². The minimum atomic E-state index is -0.240. The number of carbonyl (C=O) groups excluding carboxylic acids is 1. The fourth-order valence-corrected chi connectivity index (χ4v) is 1.65. The lowest BCUT2D eigenvalue weighted by Crippen LogP contribution is -2.39. The van der Waals surface area contributed by atoms with Gasteiger partial charge in [0.1, 0.15) is 5.69 Å². The zero-order chi connectivity index (χ0) is 13.5. The summed E-state index contributed by atoms with van der Waals surface area (Å²) in [5.74, 6) is -0.245. The van der Waals surface area contributed by atoms with E-state index < -0.39 is 0 Å². The molecule has 7 heteroatoms. The van der Waals surface area contributed by atoms with Crippen molar-refractivity contribution < 1.29 is 10.0 Å². The van der Waals surface area contributed by atoms with Crippen molar-refractivity contribution in [3.63, 3.8) is 0 Å². The maximum atomic E-state index is 12.2. The van der Waals surface area contributed by atoms with E-state index in [2.05, 4.69) is 26.1 Å². The lowest BCUT2D eigenvalue weighted by molar-refractivity contribution is 0.0772. The molecule has 1 rings (SSSR count). The van der Waals surface area contributed by atoms with Gasteiger partial charge in [0.25, 0.3) is 5.91 Å². The number of aromatic nitrogens is 1. The van der Waals surface area contributed by atoms with Crippen LogP contribution in [-0.4, -0.2) is 39.9 Å². The van der Waals surface area contributed by atoms with E-state index in [1.807, 2.05) is 6.92 Å². The minimum absolute atomic E-state index is 0.00564. The van der Waals surface area contributed by atoms with Crippen molar-refractivity contribution in [2.45, 2.75) is 13.3 Å². The average molecular weight is 315 g/mol. The zero-order valence-electron chi connectivity index (χ0n) is 10.0. The summed E-state index contributed by atoms with van der Waals surface area (Å²) in [5.41, 5.74) is 5.75. The number of hydrogen-bond donors (Lipinski definition) is 2. The predicted octanol–water partition coefficient (Wildman–Crippen LogP) is 1.44. The van der Waals surface area contributed by atoms with Crippen LogP contribution in [0.15, 0.2) is 28.0 Å². The van der Waals surface area contributed by atoms with Crippen LogP contribution >= 0.6 is 15.9 Å². The number of oxime groups is 1. The summed E-state index contributed by atoms with van der Waals surface area (Å²) in [6, 6.07) is 3.37. The van der Waals surface area contributed by atoms with E-state index in [1.165, 1.54) is 4.90 Å². The molecule has 0 saturated heterocycles. The molecule has 0 aromatic carbocycles. The van der Waals surface area contributed by atoms with Gasteiger partial charge < -0.3 is 15.8 Å². The van der Waals surface area contributed by atoms with Crippen molar-refractivity contribution in [3.05, 3.63) is 28.5 Å². The van der Waals surface area contributed by atoms with Gasteiger partial charge in [-0.3, -0.25) is 4.79 Å². The normalized spacial score (nSPS) is 11.3. The van der Waals surface area contributed by atoms with Gasteiger partial charge >= 0.3 is 0 Å². The predicted molar refractivity (Wildman–Crippen MR) is 71.5 cm³/mol. The molecular formula is C11H15BrN4O2. The Bertz CT molecular complexity index is 433. The lowest BCUT2D eigenvalue weighted by atomic mass is 10.3. The van der Waals surface area contributed by atoms with Gasteiger partial charge in [-0.15, -0.1) is 0 Å². The Hall–Kier alpha value is -1.63. The first-order valence-corrected chi connectivity index (χ1v) is 6.25. The van der Waals surface area contributed by atoms with E-state index in [-0.39, 0.29) is 18.3 Å². The SMILES string of the molecule is CCCN(CC(N)=NO)C(=O)c1ccc(Br)cn1. The van der Waals surface area contributed by atoms with E-state index in [9.17, 15) is 4.79 Å². The van der Waals surface area contributed by atoms with Crippen LogP contribution in [0.1, 0.15) is 23.8 Å². The lowest BCUT2D eigenvalue weighted by Gasteiger charge is -2.20. The number of nitrogens with two attached hydrogens (primary N) is 1. The van der Waals surface area contributed by atoms with Crippen LogP contribution in [0.4, 0.5) is 0 Å². The Labute approximate surface area is 114 Å². The summed E-state index contributed by atoms with van der Waals surface area (Å²) in [5, 5.41) is 11.4. The molecule has 18 heavy (non-hydrogen) atoms. The van der Waals surface area contributed by atoms with E-state index in [0.717, 1.165) is 10.9 Å². The minimum Gasteiger partial charge on any atom is -0.409 e. The molecular weight excluding hydrogens is 300 g/mol. The highest BCUT2D eigenvalue weighted by Crippen LogP contribution is 2.09. The third-order valence-corrected chi connectivity index (χ3v) is 2.68. The van der Waals surface area contributed by atoms with Crippen molar-refractivity contribution in [1.29, 1.82) is 0 Å². The van der Waals surface area contributed by atoms with Gasteiger partial charge in [-0.1, -0.05) is 12.1 Å². The van der Waals surface area contributed by atoms with E-state index >= 15 is 0 Å². The van der Waals surface area contributed by atoms with Crippen LogP contribution in [0.2, 0.25) is 0 Å². The van der Waals surface area contributed by atoms with Crippen molar-refractivity contribution in [2.75, 3.05) is 13.1 Å². The third kappa shape index (κ3) is 3.99. The number of carbonyl (C=O) groups is 1. The number of pyridine rings is 1. The number of rotatable bonds is 5. The summed E-state index contributed by atoms with van der Waals surface area (Å²) < 4.78 is 0.803. The molecule has 0 saturated carbocycles. The van der Waals surface area contributed by atoms with Gasteiger partial charge in [-0.05, 0) is 34.5 Å². The van der Waals surface area contributed by atoms with Crippen LogP contribution in [0.5, 0.6) is 0 Å². The highest BCUT2D eigenvalue weighted by atomic mass is 79.9. The number of nitrogens with zero attached hydrogens (tertiary/aromatic N) is 3. The smallest absolute Gasteiger partial charge is 0.272 e. The summed E-state index contributed by atoms with van der Waals surface area (Å²) in [6.07, 6.45) is 2.34. The molecule has 0 aliphatic heterocycles. The highest BCUT2D eigenvalue weighted by molar-refractivity contribution is 9.10. The van der Waals surface area contributed by atoms with E-state index in [0.29, 0.717) is 12.2 Å². The van der Waals surface area contributed by atoms with Crippen LogP contribution in [0, 0.1) is 0 Å². The van der Waals surface area contributed by atoms with Gasteiger partial charge in [0.05, 0.1) is 6.54 Å². The molecule has 0 fully saturated rings. The summed E-state index contributed by atoms with van der Waals surface area (Å²) >= 11 is 3.25. The molecule has 98 valence electrons. The number of halogens is 1. The second-order valence-corrected chi connectivity index (χ2v) is 4.60. The van der Waals surface area contributed by atoms with Crippen molar-refractivity contribution >= 4 is 27.7 Å². The van der Waals surface area contributed by atoms with Crippen LogP contribution in [0.25, 0.3) is 0 Å². The Morgan fingerprint density at radius 2 is 2.33 bits per heavy atom. The molecule has 1 aromatic rings. The highest BCUT2D eigenvalue weighted by Gasteiger charge is 2.17. The fourth-order valence-electron chi connectivity index (χ4n) is 1.41. The molecule has 1 heterocycles. The number of hydrogen-bond acceptors (Lipinski definition) is 4. The zero-order valence-corrected chi connectivity index (χ0v) is 11.6. The van der Waals surface area contributed by atoms with E-state index in [4.69, 9.17) is 10.9 Å². The first kappa shape index (κ1) is 14.4. The Kier molecular flexibility index (Phi) is 5.57. The molecule has 1 aromatic heterocycles. The monoisotopic (exact) mass is 314 g/mol. The second kappa shape index (κ2) is 6.95. The fraction of sp³-hybridized carbons (Fsp3) is 0.364. The molecule has 0 spiro atoms.